The molecule has 0 unspecified atom stereocenters. The van der Waals surface area contributed by atoms with E-state index in [1.54, 1.807) is 7.11 Å². The average molecular weight is 693 g/mol. The van der Waals surface area contributed by atoms with E-state index in [0.29, 0.717) is 42.7 Å². The Morgan fingerprint density at radius 2 is 1.88 bits per heavy atom. The summed E-state index contributed by atoms with van der Waals surface area (Å²) in [6.45, 7) is 7.74. The van der Waals surface area contributed by atoms with Gasteiger partial charge in [0.1, 0.15) is 54.9 Å². The van der Waals surface area contributed by atoms with Gasteiger partial charge in [0, 0.05) is 37.2 Å². The molecule has 7 N–H and O–H groups in total. The number of phenols is 1. The van der Waals surface area contributed by atoms with Crippen LogP contribution < -0.4 is 10.5 Å². The van der Waals surface area contributed by atoms with E-state index in [0.717, 1.165) is 54.9 Å². The number of benzene rings is 1. The number of nitrogens with zero attached hydrogens (tertiary/aromatic N) is 3. The van der Waals surface area contributed by atoms with Gasteiger partial charge in [0.15, 0.2) is 11.9 Å². The number of allylic oxidation sites excluding steroid dienone is 2. The van der Waals surface area contributed by atoms with Crippen molar-refractivity contribution in [1.82, 2.24) is 14.5 Å². The molecule has 270 valence electrons. The maximum Gasteiger partial charge on any atom is 0.342 e. The van der Waals surface area contributed by atoms with Crippen LogP contribution in [0.4, 0.5) is 0 Å². The molecule has 4 heterocycles. The summed E-state index contributed by atoms with van der Waals surface area (Å²) in [4.78, 5) is 40.7. The average Bonchev–Trinajstić information content (AvgIpc) is 3.76. The minimum atomic E-state index is -1.37. The van der Waals surface area contributed by atoms with Crippen molar-refractivity contribution in [3.05, 3.63) is 45.9 Å². The van der Waals surface area contributed by atoms with Gasteiger partial charge in [0.05, 0.1) is 26.9 Å². The number of methoxy groups -OCH3 is 1. The predicted molar refractivity (Wildman–Crippen MR) is 169 cm³/mol. The molecule has 4 atom stereocenters. The number of aliphatic hydroxyl groups is 3. The van der Waals surface area contributed by atoms with Gasteiger partial charge >= 0.3 is 11.9 Å². The van der Waals surface area contributed by atoms with Crippen molar-refractivity contribution in [3.63, 3.8) is 0 Å². The summed E-state index contributed by atoms with van der Waals surface area (Å²) in [5.74, 6) is -1.78. The molecule has 0 radical (unpaired) electrons. The van der Waals surface area contributed by atoms with Crippen molar-refractivity contribution < 1.29 is 63.6 Å². The highest BCUT2D eigenvalue weighted by atomic mass is 16.6. The van der Waals surface area contributed by atoms with E-state index < -0.39 is 48.9 Å². The largest absolute Gasteiger partial charge is 0.507 e. The van der Waals surface area contributed by atoms with Gasteiger partial charge in [-0.3, -0.25) is 19.1 Å². The van der Waals surface area contributed by atoms with Gasteiger partial charge in [-0.1, -0.05) is 11.6 Å². The Kier molecular flexibility index (Phi) is 13.0. The smallest absolute Gasteiger partial charge is 0.342 e. The molecule has 0 spiro atoms. The number of amides is 1. The number of ether oxygens (including phenoxy) is 5. The molecule has 3 aliphatic rings. The van der Waals surface area contributed by atoms with E-state index in [9.17, 15) is 34.8 Å². The van der Waals surface area contributed by atoms with E-state index >= 15 is 0 Å². The number of phenolic OH excluding ortho intramolecular Hbond substituents is 1. The summed E-state index contributed by atoms with van der Waals surface area (Å²) < 4.78 is 27.3. The molecular weight excluding hydrogens is 648 g/mol. The topological polar surface area (TPSA) is 246 Å². The number of nitrogens with two attached hydrogens (primary N) is 1. The molecule has 17 nitrogen and oxygen atoms in total. The Morgan fingerprint density at radius 3 is 2.49 bits per heavy atom. The number of imidazole rings is 1. The molecule has 0 saturated carbocycles. The number of fused-ring (bicyclic) bond motifs is 1. The zero-order valence-corrected chi connectivity index (χ0v) is 27.7. The van der Waals surface area contributed by atoms with Crippen molar-refractivity contribution in [3.8, 4) is 17.4 Å². The summed E-state index contributed by atoms with van der Waals surface area (Å²) in [5.41, 5.74) is 7.84. The highest BCUT2D eigenvalue weighted by Crippen LogP contribution is 2.42. The summed E-state index contributed by atoms with van der Waals surface area (Å²) in [5, 5.41) is 48.5. The van der Waals surface area contributed by atoms with Crippen LogP contribution in [0.2, 0.25) is 0 Å². The lowest BCUT2D eigenvalue weighted by atomic mass is 9.94. The van der Waals surface area contributed by atoms with E-state index in [4.69, 9.17) is 34.5 Å². The number of aliphatic hydroxyl groups excluding tert-OH is 3. The van der Waals surface area contributed by atoms with E-state index in [1.807, 2.05) is 19.9 Å². The van der Waals surface area contributed by atoms with Crippen molar-refractivity contribution >= 4 is 17.8 Å². The number of hydrogen-bond acceptors (Lipinski definition) is 15. The SMILES string of the molecule is COc1c(C)c2c(c(O)c1C/C=C(\C)CCC(=O)OCCN1CCOCC1)C(=O)OC2.NC(=O)c1ncn([C@@H]2O[C@H](CO)[C@@H](O)[C@H]2O)c1O. The third-order valence-electron chi connectivity index (χ3n) is 8.59. The summed E-state index contributed by atoms with van der Waals surface area (Å²) >= 11 is 0. The third-order valence-corrected chi connectivity index (χ3v) is 8.59. The minimum Gasteiger partial charge on any atom is -0.507 e. The molecule has 1 aromatic carbocycles. The fourth-order valence-corrected chi connectivity index (χ4v) is 5.72. The van der Waals surface area contributed by atoms with Crippen molar-refractivity contribution in [2.24, 2.45) is 5.73 Å². The first-order valence-corrected chi connectivity index (χ1v) is 15.8. The van der Waals surface area contributed by atoms with Crippen LogP contribution in [0.3, 0.4) is 0 Å². The quantitative estimate of drug-likeness (QED) is 0.125. The minimum absolute atomic E-state index is 0.0912. The molecule has 1 aromatic heterocycles. The number of cyclic esters (lactones) is 1. The third kappa shape index (κ3) is 8.67. The van der Waals surface area contributed by atoms with Crippen molar-refractivity contribution in [2.45, 2.75) is 64.3 Å². The predicted octanol–water partition coefficient (Wildman–Crippen LogP) is -0.177. The van der Waals surface area contributed by atoms with Crippen LogP contribution >= 0.6 is 0 Å². The zero-order chi connectivity index (χ0) is 35.8. The maximum atomic E-state index is 12.0. The maximum absolute atomic E-state index is 12.0. The molecule has 1 amide bonds. The lowest BCUT2D eigenvalue weighted by Crippen LogP contribution is -2.38. The molecule has 3 aliphatic heterocycles. The van der Waals surface area contributed by atoms with E-state index in [2.05, 4.69) is 9.88 Å². The van der Waals surface area contributed by atoms with Gasteiger partial charge < -0.3 is 55.0 Å². The Bertz CT molecular complexity index is 1540. The Hall–Kier alpha value is -4.26. The molecule has 49 heavy (non-hydrogen) atoms. The highest BCUT2D eigenvalue weighted by molar-refractivity contribution is 5.98. The molecule has 17 heteroatoms. The Labute approximate surface area is 282 Å². The second-order valence-electron chi connectivity index (χ2n) is 11.8. The standard InChI is InChI=1S/C23H31NO7.C9H13N3O6/c1-15(5-7-19(25)30-13-10-24-8-11-29-12-9-24)4-6-17-21(26)20-18(14-31-23(20)27)16(2)22(17)28-3;10-7(16)4-8(17)12(2-11-4)9-6(15)5(14)3(1-13)18-9/h4,26H,5-14H2,1-3H3;2-3,5-6,9,13-15,17H,1H2,(H2,10,16)/b15-4+;/t;3-,5-,6-,9-/m.1/s1. The summed E-state index contributed by atoms with van der Waals surface area (Å²) in [7, 11) is 1.54. The molecule has 0 aliphatic carbocycles. The zero-order valence-electron chi connectivity index (χ0n) is 27.7. The van der Waals surface area contributed by atoms with Gasteiger partial charge in [-0.25, -0.2) is 9.78 Å². The van der Waals surface area contributed by atoms with Crippen molar-refractivity contribution in [2.75, 3.05) is 53.2 Å². The molecule has 2 saturated heterocycles. The number of carbonyl (C=O) groups excluding carboxylic acids is 3. The van der Waals surface area contributed by atoms with Crippen LogP contribution in [0.15, 0.2) is 18.0 Å². The Morgan fingerprint density at radius 1 is 1.16 bits per heavy atom. The fraction of sp³-hybridized carbons (Fsp3) is 0.562. The summed E-state index contributed by atoms with van der Waals surface area (Å²) in [6, 6.07) is 0. The first-order chi connectivity index (χ1) is 23.4. The van der Waals surface area contributed by atoms with Crippen LogP contribution in [-0.4, -0.2) is 129 Å². The number of hydrogen-bond donors (Lipinski definition) is 6. The summed E-state index contributed by atoms with van der Waals surface area (Å²) in [6.07, 6.45) is -0.590. The number of esters is 2. The van der Waals surface area contributed by atoms with Gasteiger partial charge in [-0.15, -0.1) is 0 Å². The van der Waals surface area contributed by atoms with Crippen molar-refractivity contribution in [1.29, 1.82) is 0 Å². The second kappa shape index (κ2) is 16.9. The molecular formula is C32H44N4O13. The van der Waals surface area contributed by atoms with Gasteiger partial charge in [0.25, 0.3) is 5.91 Å². The first kappa shape index (κ1) is 37.6. The van der Waals surface area contributed by atoms with Gasteiger partial charge in [-0.05, 0) is 32.3 Å². The van der Waals surface area contributed by atoms with Gasteiger partial charge in [0.2, 0.25) is 5.88 Å². The van der Waals surface area contributed by atoms with Gasteiger partial charge in [-0.2, -0.15) is 0 Å². The van der Waals surface area contributed by atoms with E-state index in [1.165, 1.54) is 0 Å². The normalized spacial score (nSPS) is 22.2. The molecule has 2 fully saturated rings. The number of aromatic hydroxyl groups is 2. The van der Waals surface area contributed by atoms with E-state index in [-0.39, 0.29) is 29.6 Å². The molecule has 0 bridgehead atoms. The fourth-order valence-electron chi connectivity index (χ4n) is 5.72. The number of rotatable bonds is 12. The molecule has 2 aromatic rings. The molecule has 5 rings (SSSR count). The monoisotopic (exact) mass is 692 g/mol. The second-order valence-corrected chi connectivity index (χ2v) is 11.8. The van der Waals surface area contributed by atoms with Crippen LogP contribution in [-0.2, 0) is 36.8 Å². The van der Waals surface area contributed by atoms with Crippen LogP contribution in [0, 0.1) is 6.92 Å². The number of morpholine rings is 1. The lowest BCUT2D eigenvalue weighted by Gasteiger charge is -2.26. The first-order valence-electron chi connectivity index (χ1n) is 15.8. The van der Waals surface area contributed by atoms with Crippen LogP contribution in [0.1, 0.15) is 63.5 Å². The number of aromatic nitrogens is 2. The number of carbonyl (C=O) groups is 3. The van der Waals surface area contributed by atoms with Crippen LogP contribution in [0.25, 0.3) is 0 Å². The number of primary amides is 1. The lowest BCUT2D eigenvalue weighted by molar-refractivity contribution is -0.144. The van der Waals surface area contributed by atoms with Crippen LogP contribution in [0.5, 0.6) is 17.4 Å². The Balaban J connectivity index is 0.000000254. The highest BCUT2D eigenvalue weighted by Gasteiger charge is 2.44.